The van der Waals surface area contributed by atoms with Crippen molar-refractivity contribution in [3.63, 3.8) is 0 Å². The third-order valence-electron chi connectivity index (χ3n) is 2.31. The van der Waals surface area contributed by atoms with Crippen molar-refractivity contribution >= 4 is 11.7 Å². The van der Waals surface area contributed by atoms with Crippen LogP contribution in [0.1, 0.15) is 24.2 Å². The maximum Gasteiger partial charge on any atom is 0.223 e. The smallest absolute Gasteiger partial charge is 0.223 e. The van der Waals surface area contributed by atoms with E-state index in [-0.39, 0.29) is 23.7 Å². The fourth-order valence-electron chi connectivity index (χ4n) is 1.13. The van der Waals surface area contributed by atoms with Crippen LogP contribution in [-0.4, -0.2) is 18.3 Å². The number of halogens is 1. The summed E-state index contributed by atoms with van der Waals surface area (Å²) in [5.41, 5.74) is 5.32. The molecule has 92 valence electrons. The van der Waals surface area contributed by atoms with Gasteiger partial charge in [-0.1, -0.05) is 6.92 Å². The molecule has 0 saturated heterocycles. The number of amides is 1. The lowest BCUT2D eigenvalue weighted by molar-refractivity contribution is -0.122. The highest BCUT2D eigenvalue weighted by atomic mass is 19.1. The van der Waals surface area contributed by atoms with E-state index in [2.05, 4.69) is 0 Å². The SMILES string of the molecule is CC(=O)c1ccc(OCC(C)C(N)=O)c(F)c1. The van der Waals surface area contributed by atoms with E-state index in [9.17, 15) is 14.0 Å². The number of hydrogen-bond acceptors (Lipinski definition) is 3. The van der Waals surface area contributed by atoms with E-state index in [4.69, 9.17) is 10.5 Å². The maximum atomic E-state index is 13.5. The van der Waals surface area contributed by atoms with Gasteiger partial charge in [-0.2, -0.15) is 0 Å². The van der Waals surface area contributed by atoms with Crippen molar-refractivity contribution in [2.45, 2.75) is 13.8 Å². The minimum absolute atomic E-state index is 0.00287. The summed E-state index contributed by atoms with van der Waals surface area (Å²) < 4.78 is 18.6. The van der Waals surface area contributed by atoms with E-state index in [0.717, 1.165) is 6.07 Å². The Morgan fingerprint density at radius 3 is 2.59 bits per heavy atom. The van der Waals surface area contributed by atoms with E-state index in [1.165, 1.54) is 19.1 Å². The predicted octanol–water partition coefficient (Wildman–Crippen LogP) is 1.53. The van der Waals surface area contributed by atoms with Gasteiger partial charge in [0.2, 0.25) is 5.91 Å². The van der Waals surface area contributed by atoms with Gasteiger partial charge in [-0.15, -0.1) is 0 Å². The minimum atomic E-state index is -0.630. The highest BCUT2D eigenvalue weighted by Crippen LogP contribution is 2.19. The molecule has 0 aliphatic heterocycles. The average molecular weight is 239 g/mol. The summed E-state index contributed by atoms with van der Waals surface area (Å²) in [5, 5.41) is 0. The standard InChI is InChI=1S/C12H14FNO3/c1-7(12(14)16)6-17-11-4-3-9(8(2)15)5-10(11)13/h3-5,7H,6H2,1-2H3,(H2,14,16). The Balaban J connectivity index is 2.73. The first-order chi connectivity index (χ1) is 7.91. The van der Waals surface area contributed by atoms with Crippen molar-refractivity contribution in [3.05, 3.63) is 29.6 Å². The van der Waals surface area contributed by atoms with Crippen LogP contribution in [0.5, 0.6) is 5.75 Å². The molecule has 1 rings (SSSR count). The summed E-state index contributed by atoms with van der Waals surface area (Å²) in [6.07, 6.45) is 0. The van der Waals surface area contributed by atoms with E-state index in [1.807, 2.05) is 0 Å². The van der Waals surface area contributed by atoms with Gasteiger partial charge in [-0.05, 0) is 25.1 Å². The molecule has 1 aromatic rings. The maximum absolute atomic E-state index is 13.5. The second-order valence-corrected chi connectivity index (χ2v) is 3.82. The monoisotopic (exact) mass is 239 g/mol. The van der Waals surface area contributed by atoms with Gasteiger partial charge < -0.3 is 10.5 Å². The van der Waals surface area contributed by atoms with Crippen LogP contribution in [0.2, 0.25) is 0 Å². The number of ether oxygens (including phenoxy) is 1. The molecule has 0 aliphatic rings. The normalized spacial score (nSPS) is 11.9. The van der Waals surface area contributed by atoms with Gasteiger partial charge in [0.05, 0.1) is 12.5 Å². The molecule has 0 saturated carbocycles. The summed E-state index contributed by atoms with van der Waals surface area (Å²) in [6.45, 7) is 2.94. The number of hydrogen-bond donors (Lipinski definition) is 1. The van der Waals surface area contributed by atoms with Crippen molar-refractivity contribution in [1.82, 2.24) is 0 Å². The molecule has 1 atom stereocenters. The van der Waals surface area contributed by atoms with Gasteiger partial charge in [0.15, 0.2) is 17.3 Å². The molecule has 0 fully saturated rings. The molecule has 0 aliphatic carbocycles. The number of nitrogens with two attached hydrogens (primary N) is 1. The Hall–Kier alpha value is -1.91. The van der Waals surface area contributed by atoms with Crippen LogP contribution < -0.4 is 10.5 Å². The van der Waals surface area contributed by atoms with E-state index >= 15 is 0 Å². The van der Waals surface area contributed by atoms with Crippen molar-refractivity contribution in [2.75, 3.05) is 6.61 Å². The molecule has 0 heterocycles. The zero-order valence-electron chi connectivity index (χ0n) is 9.70. The first kappa shape index (κ1) is 13.2. The number of carbonyl (C=O) groups is 2. The molecule has 4 nitrogen and oxygen atoms in total. The number of primary amides is 1. The molecule has 0 radical (unpaired) electrons. The summed E-state index contributed by atoms with van der Waals surface area (Å²) in [5.74, 6) is -1.86. The predicted molar refractivity (Wildman–Crippen MR) is 60.3 cm³/mol. The lowest BCUT2D eigenvalue weighted by atomic mass is 10.1. The summed E-state index contributed by atoms with van der Waals surface area (Å²) in [6, 6.07) is 3.93. The topological polar surface area (TPSA) is 69.4 Å². The molecule has 5 heteroatoms. The van der Waals surface area contributed by atoms with Gasteiger partial charge in [-0.25, -0.2) is 4.39 Å². The molecule has 0 bridgehead atoms. The lowest BCUT2D eigenvalue weighted by Crippen LogP contribution is -2.25. The van der Waals surface area contributed by atoms with Gasteiger partial charge in [0.1, 0.15) is 0 Å². The molecule has 1 amide bonds. The quantitative estimate of drug-likeness (QED) is 0.792. The number of carbonyl (C=O) groups excluding carboxylic acids is 2. The Labute approximate surface area is 98.6 Å². The largest absolute Gasteiger partial charge is 0.490 e. The van der Waals surface area contributed by atoms with Crippen LogP contribution in [0.15, 0.2) is 18.2 Å². The third-order valence-corrected chi connectivity index (χ3v) is 2.31. The fraction of sp³-hybridized carbons (Fsp3) is 0.333. The zero-order valence-corrected chi connectivity index (χ0v) is 9.70. The molecular weight excluding hydrogens is 225 g/mol. The highest BCUT2D eigenvalue weighted by molar-refractivity contribution is 5.94. The van der Waals surface area contributed by atoms with Crippen LogP contribution in [0, 0.1) is 11.7 Å². The Morgan fingerprint density at radius 2 is 2.12 bits per heavy atom. The Bertz CT molecular complexity index is 445. The van der Waals surface area contributed by atoms with E-state index < -0.39 is 17.6 Å². The van der Waals surface area contributed by atoms with Crippen molar-refractivity contribution in [1.29, 1.82) is 0 Å². The lowest BCUT2D eigenvalue weighted by Gasteiger charge is -2.10. The molecule has 0 spiro atoms. The van der Waals surface area contributed by atoms with E-state index in [0.29, 0.717) is 0 Å². The molecule has 17 heavy (non-hydrogen) atoms. The van der Waals surface area contributed by atoms with Crippen molar-refractivity contribution in [3.8, 4) is 5.75 Å². The summed E-state index contributed by atoms with van der Waals surface area (Å²) >= 11 is 0. The zero-order chi connectivity index (χ0) is 13.0. The average Bonchev–Trinajstić information content (AvgIpc) is 2.26. The first-order valence-electron chi connectivity index (χ1n) is 5.14. The second kappa shape index (κ2) is 5.43. The van der Waals surface area contributed by atoms with Crippen molar-refractivity contribution < 1.29 is 18.7 Å². The first-order valence-corrected chi connectivity index (χ1v) is 5.14. The Morgan fingerprint density at radius 1 is 1.47 bits per heavy atom. The van der Waals surface area contributed by atoms with Gasteiger partial charge >= 0.3 is 0 Å². The highest BCUT2D eigenvalue weighted by Gasteiger charge is 2.12. The third kappa shape index (κ3) is 3.55. The van der Waals surface area contributed by atoms with Crippen molar-refractivity contribution in [2.24, 2.45) is 11.7 Å². The van der Waals surface area contributed by atoms with Gasteiger partial charge in [0.25, 0.3) is 0 Å². The van der Waals surface area contributed by atoms with Crippen LogP contribution in [0.3, 0.4) is 0 Å². The summed E-state index contributed by atoms with van der Waals surface area (Å²) in [4.78, 5) is 21.7. The molecule has 1 aromatic carbocycles. The van der Waals surface area contributed by atoms with Crippen LogP contribution in [-0.2, 0) is 4.79 Å². The number of Topliss-reactive ketones (excluding diaryl/α,β-unsaturated/α-hetero) is 1. The van der Waals surface area contributed by atoms with Crippen LogP contribution in [0.25, 0.3) is 0 Å². The second-order valence-electron chi connectivity index (χ2n) is 3.82. The molecule has 0 aromatic heterocycles. The minimum Gasteiger partial charge on any atom is -0.490 e. The van der Waals surface area contributed by atoms with E-state index in [1.54, 1.807) is 6.92 Å². The number of benzene rings is 1. The number of ketones is 1. The van der Waals surface area contributed by atoms with Crippen LogP contribution >= 0.6 is 0 Å². The van der Waals surface area contributed by atoms with Gasteiger partial charge in [-0.3, -0.25) is 9.59 Å². The molecular formula is C12H14FNO3. The van der Waals surface area contributed by atoms with Crippen LogP contribution in [0.4, 0.5) is 4.39 Å². The van der Waals surface area contributed by atoms with Gasteiger partial charge in [0, 0.05) is 5.56 Å². The molecule has 2 N–H and O–H groups in total. The summed E-state index contributed by atoms with van der Waals surface area (Å²) in [7, 11) is 0. The Kier molecular flexibility index (Phi) is 4.20. The fourth-order valence-corrected chi connectivity index (χ4v) is 1.13. The number of rotatable bonds is 5. The molecule has 1 unspecified atom stereocenters.